The Morgan fingerprint density at radius 3 is 2.88 bits per heavy atom. The molecule has 0 saturated carbocycles. The first kappa shape index (κ1) is 22.8. The third-order valence-corrected chi connectivity index (χ3v) is 6.36. The zero-order valence-electron chi connectivity index (χ0n) is 18.6. The van der Waals surface area contributed by atoms with Crippen LogP contribution in [0.15, 0.2) is 40.8 Å². The number of benzene rings is 1. The molecule has 176 valence electrons. The Morgan fingerprint density at radius 2 is 2.09 bits per heavy atom. The van der Waals surface area contributed by atoms with Crippen LogP contribution in [0.5, 0.6) is 5.75 Å². The molecular formula is C22H28N6O4S. The van der Waals surface area contributed by atoms with Gasteiger partial charge in [-0.15, -0.1) is 4.40 Å². The van der Waals surface area contributed by atoms with E-state index in [1.165, 1.54) is 0 Å². The van der Waals surface area contributed by atoms with Gasteiger partial charge in [-0.1, -0.05) is 12.1 Å². The average Bonchev–Trinajstić information content (AvgIpc) is 2.76. The SMILES string of the molecule is CC(C)NC(=O)c1cccc(N2CCC[C@H](COc3cccc4c3C(N)=NS(=O)(=O)N4)C2)n1. The molecule has 1 saturated heterocycles. The highest BCUT2D eigenvalue weighted by Crippen LogP contribution is 2.31. The molecule has 10 nitrogen and oxygen atoms in total. The van der Waals surface area contributed by atoms with E-state index in [-0.39, 0.29) is 23.7 Å². The topological polar surface area (TPSA) is 139 Å². The van der Waals surface area contributed by atoms with Crippen molar-refractivity contribution in [3.63, 3.8) is 0 Å². The number of piperidine rings is 1. The number of carbonyl (C=O) groups excluding carboxylic acids is 1. The van der Waals surface area contributed by atoms with Gasteiger partial charge >= 0.3 is 10.2 Å². The van der Waals surface area contributed by atoms with Crippen LogP contribution in [0.25, 0.3) is 0 Å². The molecule has 1 aromatic carbocycles. The summed E-state index contributed by atoms with van der Waals surface area (Å²) in [7, 11) is -3.84. The van der Waals surface area contributed by atoms with E-state index in [9.17, 15) is 13.2 Å². The number of nitrogens with one attached hydrogen (secondary N) is 2. The largest absolute Gasteiger partial charge is 0.492 e. The van der Waals surface area contributed by atoms with Gasteiger partial charge in [-0.05, 0) is 51.0 Å². The lowest BCUT2D eigenvalue weighted by molar-refractivity contribution is 0.0938. The van der Waals surface area contributed by atoms with Gasteiger partial charge in [0, 0.05) is 25.0 Å². The lowest BCUT2D eigenvalue weighted by Crippen LogP contribution is -2.39. The number of amidine groups is 1. The van der Waals surface area contributed by atoms with E-state index in [1.807, 2.05) is 26.0 Å². The summed E-state index contributed by atoms with van der Waals surface area (Å²) in [5.41, 5.74) is 7.10. The normalized spacial score (nSPS) is 19.3. The number of amides is 1. The molecule has 2 aliphatic rings. The standard InChI is InChI=1S/C22H28N6O4S/c1-14(2)24-22(29)17-8-4-10-19(25-17)28-11-5-6-15(12-28)13-32-18-9-3-7-16-20(18)21(23)27-33(30,31)26-16/h3-4,7-10,14-15,26H,5-6,11-13H2,1-2H3,(H2,23,27)(H,24,29)/t15-/m0/s1. The zero-order chi connectivity index (χ0) is 23.6. The molecular weight excluding hydrogens is 444 g/mol. The zero-order valence-corrected chi connectivity index (χ0v) is 19.4. The van der Waals surface area contributed by atoms with Gasteiger partial charge in [-0.25, -0.2) is 4.98 Å². The maximum Gasteiger partial charge on any atom is 0.344 e. The highest BCUT2D eigenvalue weighted by atomic mass is 32.2. The second-order valence-corrected chi connectivity index (χ2v) is 9.84. The fourth-order valence-electron chi connectivity index (χ4n) is 4.02. The molecule has 2 aromatic rings. The molecule has 4 rings (SSSR count). The highest BCUT2D eigenvalue weighted by Gasteiger charge is 2.26. The second-order valence-electron chi connectivity index (χ2n) is 8.51. The smallest absolute Gasteiger partial charge is 0.344 e. The van der Waals surface area contributed by atoms with Crippen LogP contribution in [0.2, 0.25) is 0 Å². The predicted octanol–water partition coefficient (Wildman–Crippen LogP) is 1.89. The van der Waals surface area contributed by atoms with Crippen molar-refractivity contribution in [2.75, 3.05) is 29.3 Å². The summed E-state index contributed by atoms with van der Waals surface area (Å²) in [5.74, 6) is 1.19. The number of anilines is 2. The Kier molecular flexibility index (Phi) is 6.41. The Balaban J connectivity index is 1.44. The van der Waals surface area contributed by atoms with Gasteiger partial charge < -0.3 is 20.7 Å². The first-order valence-corrected chi connectivity index (χ1v) is 12.3. The van der Waals surface area contributed by atoms with E-state index < -0.39 is 10.2 Å². The maximum atomic E-state index is 12.3. The van der Waals surface area contributed by atoms with Gasteiger partial charge in [-0.2, -0.15) is 8.42 Å². The minimum atomic E-state index is -3.84. The lowest BCUT2D eigenvalue weighted by atomic mass is 9.99. The summed E-state index contributed by atoms with van der Waals surface area (Å²) >= 11 is 0. The molecule has 33 heavy (non-hydrogen) atoms. The first-order valence-electron chi connectivity index (χ1n) is 10.9. The fourth-order valence-corrected chi connectivity index (χ4v) is 4.86. The molecule has 0 unspecified atom stereocenters. The minimum absolute atomic E-state index is 0.0394. The number of nitrogens with zero attached hydrogens (tertiary/aromatic N) is 3. The number of nitrogens with two attached hydrogens (primary N) is 1. The van der Waals surface area contributed by atoms with Gasteiger partial charge in [-0.3, -0.25) is 9.52 Å². The third-order valence-electron chi connectivity index (χ3n) is 5.44. The predicted molar refractivity (Wildman–Crippen MR) is 127 cm³/mol. The molecule has 0 radical (unpaired) electrons. The van der Waals surface area contributed by atoms with Gasteiger partial charge in [0.2, 0.25) is 0 Å². The van der Waals surface area contributed by atoms with Crippen molar-refractivity contribution in [2.45, 2.75) is 32.7 Å². The van der Waals surface area contributed by atoms with Crippen LogP contribution in [-0.2, 0) is 10.2 Å². The summed E-state index contributed by atoms with van der Waals surface area (Å²) < 4.78 is 35.5. The van der Waals surface area contributed by atoms with Crippen molar-refractivity contribution in [3.8, 4) is 5.75 Å². The molecule has 0 aliphatic carbocycles. The minimum Gasteiger partial charge on any atom is -0.492 e. The second kappa shape index (κ2) is 9.26. The Morgan fingerprint density at radius 1 is 1.30 bits per heavy atom. The molecule has 4 N–H and O–H groups in total. The summed E-state index contributed by atoms with van der Waals surface area (Å²) in [6.07, 6.45) is 1.95. The molecule has 0 bridgehead atoms. The molecule has 1 fully saturated rings. The molecule has 3 heterocycles. The Bertz CT molecular complexity index is 1180. The van der Waals surface area contributed by atoms with Crippen molar-refractivity contribution in [3.05, 3.63) is 47.7 Å². The van der Waals surface area contributed by atoms with Crippen LogP contribution < -0.4 is 25.4 Å². The van der Waals surface area contributed by atoms with Gasteiger partial charge in [0.05, 0.1) is 17.9 Å². The number of carbonyl (C=O) groups is 1. The maximum absolute atomic E-state index is 12.3. The quantitative estimate of drug-likeness (QED) is 0.583. The van der Waals surface area contributed by atoms with E-state index in [4.69, 9.17) is 10.5 Å². The fraction of sp³-hybridized carbons (Fsp3) is 0.409. The Labute approximate surface area is 193 Å². The highest BCUT2D eigenvalue weighted by molar-refractivity contribution is 7.91. The van der Waals surface area contributed by atoms with E-state index in [0.717, 1.165) is 31.7 Å². The van der Waals surface area contributed by atoms with Gasteiger partial charge in [0.15, 0.2) is 5.84 Å². The summed E-state index contributed by atoms with van der Waals surface area (Å²) in [6.45, 7) is 5.83. The molecule has 0 spiro atoms. The lowest BCUT2D eigenvalue weighted by Gasteiger charge is -2.33. The number of pyridine rings is 1. The molecule has 2 aliphatic heterocycles. The van der Waals surface area contributed by atoms with Gasteiger partial charge in [0.1, 0.15) is 17.3 Å². The van der Waals surface area contributed by atoms with Crippen LogP contribution in [0.3, 0.4) is 0 Å². The van der Waals surface area contributed by atoms with Crippen LogP contribution in [-0.4, -0.2) is 50.9 Å². The van der Waals surface area contributed by atoms with Crippen molar-refractivity contribution in [1.82, 2.24) is 10.3 Å². The van der Waals surface area contributed by atoms with Crippen LogP contribution in [0, 0.1) is 5.92 Å². The monoisotopic (exact) mass is 472 g/mol. The van der Waals surface area contributed by atoms with Crippen LogP contribution in [0.1, 0.15) is 42.7 Å². The van der Waals surface area contributed by atoms with E-state index in [1.54, 1.807) is 24.3 Å². The molecule has 11 heteroatoms. The van der Waals surface area contributed by atoms with E-state index in [0.29, 0.717) is 29.3 Å². The van der Waals surface area contributed by atoms with Crippen molar-refractivity contribution >= 4 is 33.5 Å². The van der Waals surface area contributed by atoms with Crippen molar-refractivity contribution in [2.24, 2.45) is 16.0 Å². The summed E-state index contributed by atoms with van der Waals surface area (Å²) in [4.78, 5) is 19.0. The third kappa shape index (κ3) is 5.36. The molecule has 1 aromatic heterocycles. The molecule has 1 amide bonds. The summed E-state index contributed by atoms with van der Waals surface area (Å²) in [5, 5.41) is 2.87. The summed E-state index contributed by atoms with van der Waals surface area (Å²) in [6, 6.07) is 10.6. The Hall–Kier alpha value is -3.34. The number of aromatic nitrogens is 1. The number of ether oxygens (including phenoxy) is 1. The first-order chi connectivity index (χ1) is 15.7. The average molecular weight is 473 g/mol. The number of hydrogen-bond acceptors (Lipinski definition) is 7. The van der Waals surface area contributed by atoms with E-state index >= 15 is 0 Å². The number of rotatable bonds is 6. The van der Waals surface area contributed by atoms with Crippen LogP contribution >= 0.6 is 0 Å². The van der Waals surface area contributed by atoms with Crippen molar-refractivity contribution < 1.29 is 17.9 Å². The number of hydrogen-bond donors (Lipinski definition) is 3. The van der Waals surface area contributed by atoms with Crippen molar-refractivity contribution in [1.29, 1.82) is 0 Å². The van der Waals surface area contributed by atoms with E-state index in [2.05, 4.69) is 24.3 Å². The van der Waals surface area contributed by atoms with Gasteiger partial charge in [0.25, 0.3) is 5.91 Å². The van der Waals surface area contributed by atoms with Crippen LogP contribution in [0.4, 0.5) is 11.5 Å². The number of fused-ring (bicyclic) bond motifs is 1. The molecule has 1 atom stereocenters.